The van der Waals surface area contributed by atoms with Gasteiger partial charge in [0, 0.05) is 34.6 Å². The van der Waals surface area contributed by atoms with Crippen LogP contribution in [0.15, 0.2) is 46.9 Å². The highest BCUT2D eigenvalue weighted by Gasteiger charge is 2.14. The maximum absolute atomic E-state index is 12.1. The standard InChI is InChI=1S/C19H22BrN3O3/c1-3-23(4-2)15-8-6-14(7-9-15)22-18(24)12-26-19(25)16-11-13(20)5-10-17(16)21/h5-11H,3-4,12,21H2,1-2H3,(H,22,24). The van der Waals surface area contributed by atoms with Gasteiger partial charge in [-0.3, -0.25) is 4.79 Å². The highest BCUT2D eigenvalue weighted by atomic mass is 79.9. The number of carbonyl (C=O) groups is 2. The number of anilines is 3. The Morgan fingerprint density at radius 3 is 2.38 bits per heavy atom. The zero-order valence-electron chi connectivity index (χ0n) is 14.8. The molecule has 0 atom stereocenters. The molecule has 0 aliphatic rings. The minimum absolute atomic E-state index is 0.218. The molecule has 0 radical (unpaired) electrons. The first kappa shape index (κ1) is 19.8. The van der Waals surface area contributed by atoms with Crippen molar-refractivity contribution in [2.45, 2.75) is 13.8 Å². The van der Waals surface area contributed by atoms with Crippen molar-refractivity contribution < 1.29 is 14.3 Å². The number of nitrogens with two attached hydrogens (primary N) is 1. The molecule has 0 aromatic heterocycles. The second kappa shape index (κ2) is 9.24. The van der Waals surface area contributed by atoms with E-state index >= 15 is 0 Å². The summed E-state index contributed by atoms with van der Waals surface area (Å²) in [5.41, 5.74) is 8.00. The van der Waals surface area contributed by atoms with Gasteiger partial charge in [-0.15, -0.1) is 0 Å². The number of benzene rings is 2. The van der Waals surface area contributed by atoms with Crippen molar-refractivity contribution in [2.75, 3.05) is 35.6 Å². The molecule has 0 aliphatic carbocycles. The van der Waals surface area contributed by atoms with Crippen LogP contribution < -0.4 is 16.0 Å². The van der Waals surface area contributed by atoms with E-state index in [0.717, 1.165) is 18.8 Å². The summed E-state index contributed by atoms with van der Waals surface area (Å²) in [6.45, 7) is 5.62. The zero-order valence-corrected chi connectivity index (χ0v) is 16.4. The molecule has 6 nitrogen and oxygen atoms in total. The average molecular weight is 420 g/mol. The molecule has 0 heterocycles. The minimum atomic E-state index is -0.643. The minimum Gasteiger partial charge on any atom is -0.452 e. The first-order chi connectivity index (χ1) is 12.4. The molecule has 138 valence electrons. The van der Waals surface area contributed by atoms with Crippen molar-refractivity contribution in [1.82, 2.24) is 0 Å². The van der Waals surface area contributed by atoms with Gasteiger partial charge in [0.05, 0.1) is 5.56 Å². The fraction of sp³-hybridized carbons (Fsp3) is 0.263. The zero-order chi connectivity index (χ0) is 19.1. The van der Waals surface area contributed by atoms with Gasteiger partial charge in [-0.05, 0) is 56.3 Å². The molecule has 0 saturated heterocycles. The lowest BCUT2D eigenvalue weighted by Gasteiger charge is -2.21. The van der Waals surface area contributed by atoms with E-state index in [0.29, 0.717) is 15.8 Å². The lowest BCUT2D eigenvalue weighted by atomic mass is 10.2. The number of nitrogen functional groups attached to an aromatic ring is 1. The molecule has 0 aliphatic heterocycles. The largest absolute Gasteiger partial charge is 0.452 e. The second-order valence-electron chi connectivity index (χ2n) is 5.58. The van der Waals surface area contributed by atoms with Crippen LogP contribution in [0.2, 0.25) is 0 Å². The lowest BCUT2D eigenvalue weighted by molar-refractivity contribution is -0.119. The van der Waals surface area contributed by atoms with E-state index in [2.05, 4.69) is 40.0 Å². The molecule has 2 aromatic carbocycles. The number of carbonyl (C=O) groups excluding carboxylic acids is 2. The number of hydrogen-bond acceptors (Lipinski definition) is 5. The topological polar surface area (TPSA) is 84.7 Å². The molecule has 0 bridgehead atoms. The Kier molecular flexibility index (Phi) is 7.03. The van der Waals surface area contributed by atoms with Crippen molar-refractivity contribution >= 4 is 44.9 Å². The SMILES string of the molecule is CCN(CC)c1ccc(NC(=O)COC(=O)c2cc(Br)ccc2N)cc1. The summed E-state index contributed by atoms with van der Waals surface area (Å²) in [6, 6.07) is 12.4. The summed E-state index contributed by atoms with van der Waals surface area (Å²) in [4.78, 5) is 26.2. The normalized spacial score (nSPS) is 10.3. The number of hydrogen-bond donors (Lipinski definition) is 2. The Morgan fingerprint density at radius 1 is 1.12 bits per heavy atom. The van der Waals surface area contributed by atoms with Gasteiger partial charge in [0.2, 0.25) is 0 Å². The maximum Gasteiger partial charge on any atom is 0.340 e. The molecule has 2 aromatic rings. The molecule has 7 heteroatoms. The molecule has 0 unspecified atom stereocenters. The van der Waals surface area contributed by atoms with E-state index < -0.39 is 11.9 Å². The Labute approximate surface area is 161 Å². The van der Waals surface area contributed by atoms with E-state index in [1.54, 1.807) is 18.2 Å². The van der Waals surface area contributed by atoms with Gasteiger partial charge in [-0.1, -0.05) is 15.9 Å². The predicted octanol–water partition coefficient (Wildman–Crippen LogP) is 3.67. The number of nitrogens with one attached hydrogen (secondary N) is 1. The molecular weight excluding hydrogens is 398 g/mol. The molecule has 26 heavy (non-hydrogen) atoms. The van der Waals surface area contributed by atoms with Gasteiger partial charge in [0.25, 0.3) is 5.91 Å². The van der Waals surface area contributed by atoms with Crippen LogP contribution in [0.25, 0.3) is 0 Å². The highest BCUT2D eigenvalue weighted by Crippen LogP contribution is 2.20. The third-order valence-corrected chi connectivity index (χ3v) is 4.34. The molecule has 0 spiro atoms. The van der Waals surface area contributed by atoms with Crippen LogP contribution in [0.4, 0.5) is 17.1 Å². The molecule has 0 saturated carbocycles. The van der Waals surface area contributed by atoms with Gasteiger partial charge >= 0.3 is 5.97 Å². The van der Waals surface area contributed by atoms with Crippen LogP contribution in [0.3, 0.4) is 0 Å². The Morgan fingerprint density at radius 2 is 1.77 bits per heavy atom. The van der Waals surface area contributed by atoms with Crippen LogP contribution in [0.1, 0.15) is 24.2 Å². The quantitative estimate of drug-likeness (QED) is 0.528. The summed E-state index contributed by atoms with van der Waals surface area (Å²) >= 11 is 3.27. The van der Waals surface area contributed by atoms with Crippen molar-refractivity contribution in [2.24, 2.45) is 0 Å². The fourth-order valence-electron chi connectivity index (χ4n) is 2.46. The average Bonchev–Trinajstić information content (AvgIpc) is 2.64. The van der Waals surface area contributed by atoms with Crippen molar-refractivity contribution in [3.63, 3.8) is 0 Å². The monoisotopic (exact) mass is 419 g/mol. The van der Waals surface area contributed by atoms with Crippen LogP contribution in [-0.4, -0.2) is 31.6 Å². The fourth-order valence-corrected chi connectivity index (χ4v) is 2.82. The third-order valence-electron chi connectivity index (χ3n) is 3.85. The van der Waals surface area contributed by atoms with Gasteiger partial charge in [0.15, 0.2) is 6.61 Å². The van der Waals surface area contributed by atoms with E-state index in [1.807, 2.05) is 24.3 Å². The first-order valence-corrected chi connectivity index (χ1v) is 9.10. The second-order valence-corrected chi connectivity index (χ2v) is 6.49. The number of esters is 1. The summed E-state index contributed by atoms with van der Waals surface area (Å²) in [7, 11) is 0. The van der Waals surface area contributed by atoms with Gasteiger partial charge in [-0.2, -0.15) is 0 Å². The number of halogens is 1. The molecular formula is C19H22BrN3O3. The third kappa shape index (κ3) is 5.23. The summed E-state index contributed by atoms with van der Waals surface area (Å²) in [5.74, 6) is -1.06. The Hall–Kier alpha value is -2.54. The number of rotatable bonds is 7. The van der Waals surface area contributed by atoms with Crippen molar-refractivity contribution in [1.29, 1.82) is 0 Å². The summed E-state index contributed by atoms with van der Waals surface area (Å²) in [5, 5.41) is 2.70. The molecule has 2 rings (SSSR count). The molecule has 3 N–H and O–H groups in total. The van der Waals surface area contributed by atoms with E-state index in [1.165, 1.54) is 0 Å². The van der Waals surface area contributed by atoms with Crippen LogP contribution in [0.5, 0.6) is 0 Å². The highest BCUT2D eigenvalue weighted by molar-refractivity contribution is 9.10. The number of nitrogens with zero attached hydrogens (tertiary/aromatic N) is 1. The smallest absolute Gasteiger partial charge is 0.340 e. The van der Waals surface area contributed by atoms with E-state index in [9.17, 15) is 9.59 Å². The molecule has 1 amide bonds. The van der Waals surface area contributed by atoms with Crippen molar-refractivity contribution in [3.8, 4) is 0 Å². The number of ether oxygens (including phenoxy) is 1. The maximum atomic E-state index is 12.1. The summed E-state index contributed by atoms with van der Waals surface area (Å²) in [6.07, 6.45) is 0. The van der Waals surface area contributed by atoms with Crippen LogP contribution in [0, 0.1) is 0 Å². The van der Waals surface area contributed by atoms with Crippen LogP contribution >= 0.6 is 15.9 Å². The van der Waals surface area contributed by atoms with Crippen LogP contribution in [-0.2, 0) is 9.53 Å². The predicted molar refractivity (Wildman–Crippen MR) is 107 cm³/mol. The first-order valence-electron chi connectivity index (χ1n) is 8.31. The lowest BCUT2D eigenvalue weighted by Crippen LogP contribution is -2.22. The Bertz CT molecular complexity index is 774. The number of amides is 1. The Balaban J connectivity index is 1.90. The van der Waals surface area contributed by atoms with Crippen molar-refractivity contribution in [3.05, 3.63) is 52.5 Å². The van der Waals surface area contributed by atoms with E-state index in [4.69, 9.17) is 10.5 Å². The van der Waals surface area contributed by atoms with Gasteiger partial charge in [0.1, 0.15) is 0 Å². The summed E-state index contributed by atoms with van der Waals surface area (Å²) < 4.78 is 5.74. The van der Waals surface area contributed by atoms with Gasteiger partial charge < -0.3 is 20.7 Å². The van der Waals surface area contributed by atoms with Gasteiger partial charge in [-0.25, -0.2) is 4.79 Å². The molecule has 0 fully saturated rings. The van der Waals surface area contributed by atoms with E-state index in [-0.39, 0.29) is 12.2 Å².